The van der Waals surface area contributed by atoms with E-state index in [4.69, 9.17) is 0 Å². The molecule has 8 heteroatoms. The van der Waals surface area contributed by atoms with Crippen LogP contribution in [-0.4, -0.2) is 24.5 Å². The van der Waals surface area contributed by atoms with Crippen molar-refractivity contribution < 1.29 is 8.78 Å². The molecule has 4 rings (SSSR count). The van der Waals surface area contributed by atoms with Crippen LogP contribution in [0.25, 0.3) is 17.2 Å². The van der Waals surface area contributed by atoms with Crippen LogP contribution in [0.2, 0.25) is 0 Å². The lowest BCUT2D eigenvalue weighted by Gasteiger charge is -2.15. The molecule has 0 N–H and O–H groups in total. The van der Waals surface area contributed by atoms with Crippen LogP contribution in [0.3, 0.4) is 0 Å². The maximum Gasteiger partial charge on any atom is 0.270 e. The average molecular weight is 440 g/mol. The molecule has 0 amide bonds. The number of halogens is 2. The third-order valence-corrected chi connectivity index (χ3v) is 5.89. The molecule has 31 heavy (non-hydrogen) atoms. The van der Waals surface area contributed by atoms with Gasteiger partial charge in [-0.2, -0.15) is 5.10 Å². The molecule has 0 spiro atoms. The summed E-state index contributed by atoms with van der Waals surface area (Å²) in [6.45, 7) is 5.48. The third-order valence-electron chi connectivity index (χ3n) is 4.89. The first-order valence-corrected chi connectivity index (χ1v) is 11.0. The van der Waals surface area contributed by atoms with Crippen LogP contribution in [0.15, 0.2) is 65.8 Å². The van der Waals surface area contributed by atoms with Gasteiger partial charge in [-0.1, -0.05) is 54.2 Å². The third kappa shape index (κ3) is 4.54. The SMILES string of the molecule is CCn1nc(C)cc1-c1nnc(SCc2ccccc2)n1-c1cccc(C(C)(F)F)c1. The van der Waals surface area contributed by atoms with Gasteiger partial charge in [0.25, 0.3) is 5.92 Å². The summed E-state index contributed by atoms with van der Waals surface area (Å²) in [6.07, 6.45) is 0. The van der Waals surface area contributed by atoms with Crippen LogP contribution in [0, 0.1) is 6.92 Å². The van der Waals surface area contributed by atoms with Crippen molar-refractivity contribution in [2.45, 2.75) is 44.1 Å². The number of alkyl halides is 2. The molecule has 160 valence electrons. The van der Waals surface area contributed by atoms with Gasteiger partial charge in [-0.05, 0) is 37.6 Å². The van der Waals surface area contributed by atoms with E-state index in [9.17, 15) is 8.78 Å². The minimum Gasteiger partial charge on any atom is -0.269 e. The lowest BCUT2D eigenvalue weighted by Crippen LogP contribution is -2.09. The predicted molar refractivity (Wildman–Crippen MR) is 119 cm³/mol. The highest BCUT2D eigenvalue weighted by molar-refractivity contribution is 7.98. The molecule has 5 nitrogen and oxygen atoms in total. The normalized spacial score (nSPS) is 11.8. The van der Waals surface area contributed by atoms with Gasteiger partial charge < -0.3 is 0 Å². The van der Waals surface area contributed by atoms with Gasteiger partial charge in [0, 0.05) is 24.8 Å². The summed E-state index contributed by atoms with van der Waals surface area (Å²) in [7, 11) is 0. The second-order valence-corrected chi connectivity index (χ2v) is 8.28. The van der Waals surface area contributed by atoms with E-state index < -0.39 is 5.92 Å². The second kappa shape index (κ2) is 8.63. The van der Waals surface area contributed by atoms with Crippen molar-refractivity contribution in [2.75, 3.05) is 0 Å². The Kier molecular flexibility index (Phi) is 5.91. The summed E-state index contributed by atoms with van der Waals surface area (Å²) in [6, 6.07) is 18.3. The first-order chi connectivity index (χ1) is 14.9. The molecule has 0 radical (unpaired) electrons. The van der Waals surface area contributed by atoms with E-state index in [1.807, 2.05) is 59.5 Å². The number of hydrogen-bond donors (Lipinski definition) is 0. The van der Waals surface area contributed by atoms with E-state index in [2.05, 4.69) is 15.3 Å². The zero-order valence-corrected chi connectivity index (χ0v) is 18.4. The Hall–Kier alpha value is -3.00. The number of rotatable bonds is 7. The van der Waals surface area contributed by atoms with Crippen molar-refractivity contribution in [3.8, 4) is 17.2 Å². The smallest absolute Gasteiger partial charge is 0.269 e. The Morgan fingerprint density at radius 2 is 1.77 bits per heavy atom. The summed E-state index contributed by atoms with van der Waals surface area (Å²) in [5, 5.41) is 14.0. The van der Waals surface area contributed by atoms with Gasteiger partial charge in [0.15, 0.2) is 11.0 Å². The van der Waals surface area contributed by atoms with E-state index in [0.717, 1.165) is 23.9 Å². The van der Waals surface area contributed by atoms with Crippen molar-refractivity contribution in [1.82, 2.24) is 24.5 Å². The topological polar surface area (TPSA) is 48.5 Å². The molecule has 4 aromatic rings. The van der Waals surface area contributed by atoms with Crippen LogP contribution >= 0.6 is 11.8 Å². The summed E-state index contributed by atoms with van der Waals surface area (Å²) >= 11 is 1.52. The highest BCUT2D eigenvalue weighted by Gasteiger charge is 2.26. The molecule has 0 saturated heterocycles. The van der Waals surface area contributed by atoms with E-state index in [0.29, 0.717) is 29.0 Å². The zero-order valence-electron chi connectivity index (χ0n) is 17.6. The fourth-order valence-electron chi connectivity index (χ4n) is 3.37. The zero-order chi connectivity index (χ0) is 22.0. The number of hydrogen-bond acceptors (Lipinski definition) is 4. The maximum atomic E-state index is 14.0. The van der Waals surface area contributed by atoms with Gasteiger partial charge in [-0.15, -0.1) is 10.2 Å². The van der Waals surface area contributed by atoms with E-state index >= 15 is 0 Å². The fraction of sp³-hybridized carbons (Fsp3) is 0.261. The Balaban J connectivity index is 1.82. The van der Waals surface area contributed by atoms with Crippen LogP contribution in [0.4, 0.5) is 8.78 Å². The molecule has 0 aliphatic carbocycles. The molecule has 0 aliphatic heterocycles. The molecule has 0 fully saturated rings. The van der Waals surface area contributed by atoms with Gasteiger partial charge in [-0.3, -0.25) is 9.25 Å². The fourth-order valence-corrected chi connectivity index (χ4v) is 4.28. The molecule has 0 unspecified atom stereocenters. The molecular weight excluding hydrogens is 416 g/mol. The molecular formula is C23H23F2N5S. The number of aryl methyl sites for hydroxylation is 2. The van der Waals surface area contributed by atoms with Gasteiger partial charge in [-0.25, -0.2) is 8.78 Å². The van der Waals surface area contributed by atoms with Crippen molar-refractivity contribution in [2.24, 2.45) is 0 Å². The van der Waals surface area contributed by atoms with Crippen LogP contribution in [0.5, 0.6) is 0 Å². The molecule has 0 aliphatic rings. The molecule has 0 bridgehead atoms. The quantitative estimate of drug-likeness (QED) is 0.338. The number of thioether (sulfide) groups is 1. The monoisotopic (exact) mass is 439 g/mol. The van der Waals surface area contributed by atoms with Gasteiger partial charge >= 0.3 is 0 Å². The minimum absolute atomic E-state index is 0.0520. The summed E-state index contributed by atoms with van der Waals surface area (Å²) in [5.41, 5.74) is 3.35. The molecule has 2 aromatic heterocycles. The highest BCUT2D eigenvalue weighted by Crippen LogP contribution is 2.33. The van der Waals surface area contributed by atoms with Crippen molar-refractivity contribution in [1.29, 1.82) is 0 Å². The largest absolute Gasteiger partial charge is 0.270 e. The first kappa shape index (κ1) is 21.2. The number of nitrogens with zero attached hydrogens (tertiary/aromatic N) is 5. The molecule has 2 aromatic carbocycles. The number of benzene rings is 2. The Labute approximate surface area is 184 Å². The summed E-state index contributed by atoms with van der Waals surface area (Å²) in [4.78, 5) is 0. The Bertz CT molecular complexity index is 1180. The average Bonchev–Trinajstić information content (AvgIpc) is 3.35. The standard InChI is InChI=1S/C23H23F2N5S/c1-4-29-20(13-16(2)28-29)21-26-27-22(31-15-17-9-6-5-7-10-17)30(21)19-12-8-11-18(14-19)23(3,24)25/h5-14H,4,15H2,1-3H3. The predicted octanol–water partition coefficient (Wildman–Crippen LogP) is 5.86. The Morgan fingerprint density at radius 3 is 2.48 bits per heavy atom. The van der Waals surface area contributed by atoms with Crippen molar-refractivity contribution in [3.63, 3.8) is 0 Å². The summed E-state index contributed by atoms with van der Waals surface area (Å²) in [5.74, 6) is -1.67. The lowest BCUT2D eigenvalue weighted by molar-refractivity contribution is 0.0174. The minimum atomic E-state index is -2.94. The van der Waals surface area contributed by atoms with Crippen LogP contribution < -0.4 is 0 Å². The number of aromatic nitrogens is 5. The second-order valence-electron chi connectivity index (χ2n) is 7.34. The summed E-state index contributed by atoms with van der Waals surface area (Å²) < 4.78 is 31.7. The molecule has 0 saturated carbocycles. The lowest BCUT2D eigenvalue weighted by atomic mass is 10.1. The van der Waals surface area contributed by atoms with Crippen LogP contribution in [-0.2, 0) is 18.2 Å². The first-order valence-electron chi connectivity index (χ1n) is 10.0. The highest BCUT2D eigenvalue weighted by atomic mass is 32.2. The molecule has 2 heterocycles. The van der Waals surface area contributed by atoms with Gasteiger partial charge in [0.2, 0.25) is 0 Å². The van der Waals surface area contributed by atoms with Crippen molar-refractivity contribution >= 4 is 11.8 Å². The van der Waals surface area contributed by atoms with Crippen LogP contribution in [0.1, 0.15) is 30.7 Å². The van der Waals surface area contributed by atoms with Crippen molar-refractivity contribution in [3.05, 3.63) is 77.5 Å². The van der Waals surface area contributed by atoms with Gasteiger partial charge in [0.1, 0.15) is 5.69 Å². The molecule has 0 atom stereocenters. The van der Waals surface area contributed by atoms with E-state index in [1.54, 1.807) is 12.1 Å². The maximum absolute atomic E-state index is 14.0. The van der Waals surface area contributed by atoms with E-state index in [1.165, 1.54) is 23.9 Å². The van der Waals surface area contributed by atoms with E-state index in [-0.39, 0.29) is 5.56 Å². The Morgan fingerprint density at radius 1 is 1.00 bits per heavy atom. The van der Waals surface area contributed by atoms with Gasteiger partial charge in [0.05, 0.1) is 11.4 Å².